The zero-order valence-electron chi connectivity index (χ0n) is 18.0. The Hall–Kier alpha value is -3.62. The molecular weight excluding hydrogens is 442 g/mol. The lowest BCUT2D eigenvalue weighted by Gasteiger charge is -2.26. The molecule has 1 aliphatic rings. The quantitative estimate of drug-likeness (QED) is 0.438. The molecule has 8 nitrogen and oxygen atoms in total. The molecule has 2 aromatic heterocycles. The predicted molar refractivity (Wildman–Crippen MR) is 128 cm³/mol. The first-order valence-electron chi connectivity index (χ1n) is 10.5. The Morgan fingerprint density at radius 3 is 2.79 bits per heavy atom. The van der Waals surface area contributed by atoms with Crippen LogP contribution in [0.15, 0.2) is 60.9 Å². The minimum absolute atomic E-state index is 0.374. The fourth-order valence-electron chi connectivity index (χ4n) is 3.87. The van der Waals surface area contributed by atoms with Gasteiger partial charge in [0.05, 0.1) is 37.1 Å². The van der Waals surface area contributed by atoms with Gasteiger partial charge in [-0.3, -0.25) is 0 Å². The molecule has 5 rings (SSSR count). The highest BCUT2D eigenvalue weighted by Gasteiger charge is 2.16. The van der Waals surface area contributed by atoms with E-state index in [0.29, 0.717) is 35.4 Å². The van der Waals surface area contributed by atoms with Crippen molar-refractivity contribution in [3.05, 3.63) is 71.5 Å². The number of carbonyl (C=O) groups is 1. The smallest absolute Gasteiger partial charge is 0.340 e. The Morgan fingerprint density at radius 1 is 1.12 bits per heavy atom. The maximum absolute atomic E-state index is 12.1. The molecule has 0 spiro atoms. The molecule has 3 heterocycles. The van der Waals surface area contributed by atoms with E-state index in [2.05, 4.69) is 15.2 Å². The van der Waals surface area contributed by atoms with Gasteiger partial charge in [-0.15, -0.1) is 0 Å². The Bertz CT molecular complexity index is 1320. The zero-order chi connectivity index (χ0) is 22.8. The largest absolute Gasteiger partial charge is 0.465 e. The fraction of sp³-hybridized carbons (Fsp3) is 0.208. The van der Waals surface area contributed by atoms with E-state index in [1.54, 1.807) is 24.4 Å². The molecule has 168 valence electrons. The van der Waals surface area contributed by atoms with Gasteiger partial charge in [0.2, 0.25) is 5.95 Å². The summed E-state index contributed by atoms with van der Waals surface area (Å²) in [7, 11) is 1.35. The Labute approximate surface area is 195 Å². The second-order valence-corrected chi connectivity index (χ2v) is 8.02. The second-order valence-electron chi connectivity index (χ2n) is 7.58. The summed E-state index contributed by atoms with van der Waals surface area (Å²) in [6, 6.07) is 15.0. The lowest BCUT2D eigenvalue weighted by molar-refractivity contribution is 0.0602. The number of anilines is 3. The van der Waals surface area contributed by atoms with Gasteiger partial charge in [0, 0.05) is 41.6 Å². The monoisotopic (exact) mass is 463 g/mol. The van der Waals surface area contributed by atoms with Crippen molar-refractivity contribution < 1.29 is 14.3 Å². The van der Waals surface area contributed by atoms with Crippen molar-refractivity contribution in [1.29, 1.82) is 0 Å². The lowest BCUT2D eigenvalue weighted by Crippen LogP contribution is -2.37. The van der Waals surface area contributed by atoms with Crippen molar-refractivity contribution in [3.63, 3.8) is 0 Å². The summed E-state index contributed by atoms with van der Waals surface area (Å²) in [6.45, 7) is 2.93. The molecule has 1 saturated heterocycles. The summed E-state index contributed by atoms with van der Waals surface area (Å²) in [5.41, 5.74) is 2.84. The molecular formula is C24H22ClN5O3. The fourth-order valence-corrected chi connectivity index (χ4v) is 4.04. The number of benzene rings is 2. The van der Waals surface area contributed by atoms with E-state index in [9.17, 15) is 4.79 Å². The van der Waals surface area contributed by atoms with Crippen LogP contribution in [0, 0.1) is 0 Å². The van der Waals surface area contributed by atoms with Crippen LogP contribution in [-0.2, 0) is 9.47 Å². The third kappa shape index (κ3) is 4.35. The summed E-state index contributed by atoms with van der Waals surface area (Å²) in [6.07, 6.45) is 3.77. The lowest BCUT2D eigenvalue weighted by atomic mass is 10.1. The number of ether oxygens (including phenoxy) is 2. The molecule has 0 aliphatic carbocycles. The normalized spacial score (nSPS) is 13.8. The van der Waals surface area contributed by atoms with Crippen LogP contribution >= 0.6 is 11.6 Å². The third-order valence-electron chi connectivity index (χ3n) is 5.53. The van der Waals surface area contributed by atoms with E-state index in [0.717, 1.165) is 35.5 Å². The molecule has 0 saturated carbocycles. The molecule has 4 aromatic rings. The van der Waals surface area contributed by atoms with Gasteiger partial charge in [-0.05, 0) is 48.5 Å². The van der Waals surface area contributed by atoms with Crippen molar-refractivity contribution in [2.24, 2.45) is 0 Å². The van der Waals surface area contributed by atoms with Gasteiger partial charge in [0.1, 0.15) is 5.82 Å². The van der Waals surface area contributed by atoms with Gasteiger partial charge in [0.25, 0.3) is 0 Å². The summed E-state index contributed by atoms with van der Waals surface area (Å²) < 4.78 is 12.3. The minimum atomic E-state index is -0.452. The van der Waals surface area contributed by atoms with Gasteiger partial charge >= 0.3 is 5.97 Å². The van der Waals surface area contributed by atoms with E-state index in [4.69, 9.17) is 26.1 Å². The molecule has 0 amide bonds. The molecule has 0 bridgehead atoms. The molecule has 9 heteroatoms. The van der Waals surface area contributed by atoms with Gasteiger partial charge in [-0.25, -0.2) is 9.78 Å². The molecule has 33 heavy (non-hydrogen) atoms. The number of hydrogen-bond donors (Lipinski definition) is 1. The first-order valence-corrected chi connectivity index (χ1v) is 10.9. The molecule has 0 unspecified atom stereocenters. The number of nitrogens with zero attached hydrogens (tertiary/aromatic N) is 4. The number of nitrogens with one attached hydrogen (secondary N) is 1. The summed E-state index contributed by atoms with van der Waals surface area (Å²) in [4.78, 5) is 23.5. The van der Waals surface area contributed by atoms with Crippen LogP contribution in [0.1, 0.15) is 10.4 Å². The molecule has 1 N–H and O–H groups in total. The van der Waals surface area contributed by atoms with Crippen molar-refractivity contribution in [3.8, 4) is 5.82 Å². The third-order valence-corrected chi connectivity index (χ3v) is 5.76. The number of aromatic nitrogens is 3. The van der Waals surface area contributed by atoms with Gasteiger partial charge in [-0.1, -0.05) is 11.6 Å². The topological polar surface area (TPSA) is 81.5 Å². The van der Waals surface area contributed by atoms with E-state index >= 15 is 0 Å². The number of rotatable bonds is 5. The SMILES string of the molecule is COC(=O)c1cc(Cl)ccc1Nc1ccc2c(ccn2-c2ccnc(N3CCOCC3)n2)c1. The number of hydrogen-bond acceptors (Lipinski definition) is 7. The van der Waals surface area contributed by atoms with Crippen LogP contribution in [0.3, 0.4) is 0 Å². The van der Waals surface area contributed by atoms with Crippen molar-refractivity contribution in [2.75, 3.05) is 43.6 Å². The molecule has 2 aromatic carbocycles. The van der Waals surface area contributed by atoms with Crippen LogP contribution in [0.25, 0.3) is 16.7 Å². The predicted octanol–water partition coefficient (Wildman–Crippen LogP) is 4.44. The van der Waals surface area contributed by atoms with Crippen LogP contribution in [0.5, 0.6) is 0 Å². The zero-order valence-corrected chi connectivity index (χ0v) is 18.7. The second kappa shape index (κ2) is 9.09. The number of morpholine rings is 1. The molecule has 0 atom stereocenters. The van der Waals surface area contributed by atoms with E-state index in [1.165, 1.54) is 7.11 Å². The van der Waals surface area contributed by atoms with Crippen LogP contribution in [0.2, 0.25) is 5.02 Å². The van der Waals surface area contributed by atoms with Crippen LogP contribution in [-0.4, -0.2) is 53.9 Å². The number of esters is 1. The molecule has 1 aliphatic heterocycles. The van der Waals surface area contributed by atoms with Crippen molar-refractivity contribution in [1.82, 2.24) is 14.5 Å². The van der Waals surface area contributed by atoms with Gasteiger partial charge in [0.15, 0.2) is 0 Å². The standard InChI is InChI=1S/C24H22ClN5O3/c1-32-23(31)19-15-17(25)2-4-20(19)27-18-3-5-21-16(14-18)7-9-30(21)22-6-8-26-24(28-22)29-10-12-33-13-11-29/h2-9,14-15,27H,10-13H2,1H3. The highest BCUT2D eigenvalue weighted by molar-refractivity contribution is 6.31. The van der Waals surface area contributed by atoms with Crippen LogP contribution < -0.4 is 10.2 Å². The molecule has 0 radical (unpaired) electrons. The van der Waals surface area contributed by atoms with Crippen LogP contribution in [0.4, 0.5) is 17.3 Å². The number of fused-ring (bicyclic) bond motifs is 1. The van der Waals surface area contributed by atoms with E-state index in [-0.39, 0.29) is 0 Å². The minimum Gasteiger partial charge on any atom is -0.465 e. The molecule has 1 fully saturated rings. The Kier molecular flexibility index (Phi) is 5.85. The average Bonchev–Trinajstić information content (AvgIpc) is 3.28. The summed E-state index contributed by atoms with van der Waals surface area (Å²) in [5.74, 6) is 1.05. The van der Waals surface area contributed by atoms with E-state index in [1.807, 2.05) is 41.1 Å². The maximum atomic E-state index is 12.1. The van der Waals surface area contributed by atoms with Crippen molar-refractivity contribution in [2.45, 2.75) is 0 Å². The van der Waals surface area contributed by atoms with Crippen molar-refractivity contribution >= 4 is 45.8 Å². The number of carbonyl (C=O) groups excluding carboxylic acids is 1. The van der Waals surface area contributed by atoms with E-state index < -0.39 is 5.97 Å². The number of methoxy groups -OCH3 is 1. The first kappa shape index (κ1) is 21.2. The number of halogens is 1. The summed E-state index contributed by atoms with van der Waals surface area (Å²) >= 11 is 6.06. The Morgan fingerprint density at radius 2 is 1.97 bits per heavy atom. The highest BCUT2D eigenvalue weighted by atomic mass is 35.5. The first-order chi connectivity index (χ1) is 16.1. The Balaban J connectivity index is 1.44. The highest BCUT2D eigenvalue weighted by Crippen LogP contribution is 2.28. The maximum Gasteiger partial charge on any atom is 0.340 e. The van der Waals surface area contributed by atoms with Gasteiger partial charge in [-0.2, -0.15) is 4.98 Å². The van der Waals surface area contributed by atoms with Gasteiger partial charge < -0.3 is 24.3 Å². The average molecular weight is 464 g/mol. The summed E-state index contributed by atoms with van der Waals surface area (Å²) in [5, 5.41) is 4.79.